The Balaban J connectivity index is 1.91. The second kappa shape index (κ2) is 4.85. The molecule has 0 radical (unpaired) electrons. The zero-order valence-corrected chi connectivity index (χ0v) is 9.34. The quantitative estimate of drug-likeness (QED) is 0.844. The van der Waals surface area contributed by atoms with E-state index in [1.54, 1.807) is 19.3 Å². The molecule has 84 valence electrons. The van der Waals surface area contributed by atoms with Crippen molar-refractivity contribution in [3.05, 3.63) is 41.8 Å². The predicted molar refractivity (Wildman–Crippen MR) is 58.5 cm³/mol. The Labute approximate surface area is 93.9 Å². The van der Waals surface area contributed by atoms with E-state index in [0.29, 0.717) is 18.3 Å². The van der Waals surface area contributed by atoms with Crippen LogP contribution in [-0.2, 0) is 6.54 Å². The molecule has 2 aromatic heterocycles. The molecule has 1 atom stereocenters. The summed E-state index contributed by atoms with van der Waals surface area (Å²) in [5.41, 5.74) is 1.19. The number of aryl methyl sites for hydroxylation is 1. The lowest BCUT2D eigenvalue weighted by molar-refractivity contribution is 0.384. The van der Waals surface area contributed by atoms with Crippen molar-refractivity contribution < 1.29 is 4.52 Å². The van der Waals surface area contributed by atoms with Crippen LogP contribution in [0.15, 0.2) is 29.0 Å². The summed E-state index contributed by atoms with van der Waals surface area (Å²) >= 11 is 0. The predicted octanol–water partition coefficient (Wildman–Crippen LogP) is 1.62. The standard InChI is InChI=1S/C11H14N4O/c1-8(10-3-5-12-6-4-10)13-7-11-14-9(2)16-15-11/h3-6,8,13H,7H2,1-2H3. The van der Waals surface area contributed by atoms with Gasteiger partial charge in [0, 0.05) is 25.4 Å². The maximum atomic E-state index is 4.89. The fourth-order valence-electron chi connectivity index (χ4n) is 1.43. The summed E-state index contributed by atoms with van der Waals surface area (Å²) < 4.78 is 4.89. The number of rotatable bonds is 4. The number of nitrogens with zero attached hydrogens (tertiary/aromatic N) is 3. The molecule has 2 aromatic rings. The van der Waals surface area contributed by atoms with E-state index in [1.165, 1.54) is 5.56 Å². The minimum Gasteiger partial charge on any atom is -0.340 e. The molecule has 0 amide bonds. The van der Waals surface area contributed by atoms with E-state index in [1.807, 2.05) is 12.1 Å². The summed E-state index contributed by atoms with van der Waals surface area (Å²) in [5, 5.41) is 7.14. The van der Waals surface area contributed by atoms with Gasteiger partial charge in [-0.3, -0.25) is 4.98 Å². The van der Waals surface area contributed by atoms with Gasteiger partial charge in [0.25, 0.3) is 0 Å². The first-order valence-corrected chi connectivity index (χ1v) is 5.18. The first kappa shape index (κ1) is 10.8. The summed E-state index contributed by atoms with van der Waals surface area (Å²) in [5.74, 6) is 1.27. The molecule has 0 aliphatic heterocycles. The topological polar surface area (TPSA) is 63.8 Å². The molecule has 0 bridgehead atoms. The molecule has 1 unspecified atom stereocenters. The highest BCUT2D eigenvalue weighted by Gasteiger charge is 2.06. The minimum absolute atomic E-state index is 0.238. The fraction of sp³-hybridized carbons (Fsp3) is 0.364. The number of hydrogen-bond acceptors (Lipinski definition) is 5. The van der Waals surface area contributed by atoms with Gasteiger partial charge in [0.2, 0.25) is 5.89 Å². The second-order valence-corrected chi connectivity index (χ2v) is 3.61. The Morgan fingerprint density at radius 1 is 1.38 bits per heavy atom. The molecule has 0 saturated heterocycles. The summed E-state index contributed by atoms with van der Waals surface area (Å²) in [6, 6.07) is 4.21. The number of pyridine rings is 1. The highest BCUT2D eigenvalue weighted by molar-refractivity contribution is 5.13. The highest BCUT2D eigenvalue weighted by atomic mass is 16.5. The molecule has 5 heteroatoms. The third-order valence-corrected chi connectivity index (χ3v) is 2.34. The van der Waals surface area contributed by atoms with Crippen LogP contribution >= 0.6 is 0 Å². The van der Waals surface area contributed by atoms with E-state index in [0.717, 1.165) is 0 Å². The van der Waals surface area contributed by atoms with Crippen molar-refractivity contribution in [1.29, 1.82) is 0 Å². The zero-order chi connectivity index (χ0) is 11.4. The lowest BCUT2D eigenvalue weighted by Gasteiger charge is -2.11. The summed E-state index contributed by atoms with van der Waals surface area (Å²) in [6.07, 6.45) is 3.57. The van der Waals surface area contributed by atoms with Crippen LogP contribution in [0.1, 0.15) is 30.2 Å². The van der Waals surface area contributed by atoms with Crippen LogP contribution in [0.3, 0.4) is 0 Å². The molecule has 0 fully saturated rings. The van der Waals surface area contributed by atoms with Crippen molar-refractivity contribution in [1.82, 2.24) is 20.4 Å². The van der Waals surface area contributed by atoms with E-state index in [9.17, 15) is 0 Å². The van der Waals surface area contributed by atoms with Gasteiger partial charge in [-0.05, 0) is 24.6 Å². The van der Waals surface area contributed by atoms with Gasteiger partial charge in [0.15, 0.2) is 5.82 Å². The van der Waals surface area contributed by atoms with Gasteiger partial charge in [-0.15, -0.1) is 0 Å². The normalized spacial score (nSPS) is 12.6. The number of nitrogens with one attached hydrogen (secondary N) is 1. The molecule has 2 heterocycles. The van der Waals surface area contributed by atoms with Crippen LogP contribution in [0.2, 0.25) is 0 Å². The molecule has 1 N–H and O–H groups in total. The van der Waals surface area contributed by atoms with Crippen molar-refractivity contribution in [2.75, 3.05) is 0 Å². The van der Waals surface area contributed by atoms with Gasteiger partial charge in [0.05, 0.1) is 6.54 Å². The van der Waals surface area contributed by atoms with Crippen LogP contribution in [-0.4, -0.2) is 15.1 Å². The van der Waals surface area contributed by atoms with Gasteiger partial charge in [-0.25, -0.2) is 0 Å². The van der Waals surface area contributed by atoms with Crippen LogP contribution in [0, 0.1) is 6.92 Å². The van der Waals surface area contributed by atoms with Crippen molar-refractivity contribution in [3.8, 4) is 0 Å². The van der Waals surface area contributed by atoms with Crippen molar-refractivity contribution in [3.63, 3.8) is 0 Å². The van der Waals surface area contributed by atoms with Crippen LogP contribution < -0.4 is 5.32 Å². The molecule has 0 spiro atoms. The zero-order valence-electron chi connectivity index (χ0n) is 9.34. The smallest absolute Gasteiger partial charge is 0.223 e. The molecule has 0 aliphatic carbocycles. The SMILES string of the molecule is Cc1nc(CNC(C)c2ccncc2)no1. The van der Waals surface area contributed by atoms with Gasteiger partial charge in [-0.2, -0.15) is 4.98 Å². The van der Waals surface area contributed by atoms with Crippen LogP contribution in [0.5, 0.6) is 0 Å². The van der Waals surface area contributed by atoms with Gasteiger partial charge in [-0.1, -0.05) is 5.16 Å². The molecule has 0 aliphatic rings. The summed E-state index contributed by atoms with van der Waals surface area (Å²) in [4.78, 5) is 8.11. The van der Waals surface area contributed by atoms with Crippen molar-refractivity contribution in [2.24, 2.45) is 0 Å². The molecule has 0 aromatic carbocycles. The summed E-state index contributed by atoms with van der Waals surface area (Å²) in [6.45, 7) is 4.46. The molecule has 16 heavy (non-hydrogen) atoms. The minimum atomic E-state index is 0.238. The second-order valence-electron chi connectivity index (χ2n) is 3.61. The average Bonchev–Trinajstić information content (AvgIpc) is 2.73. The first-order valence-electron chi connectivity index (χ1n) is 5.18. The third kappa shape index (κ3) is 2.64. The first-order chi connectivity index (χ1) is 7.75. The van der Waals surface area contributed by atoms with E-state index in [-0.39, 0.29) is 6.04 Å². The van der Waals surface area contributed by atoms with Crippen molar-refractivity contribution in [2.45, 2.75) is 26.4 Å². The van der Waals surface area contributed by atoms with E-state index < -0.39 is 0 Å². The molecule has 2 rings (SSSR count). The van der Waals surface area contributed by atoms with E-state index >= 15 is 0 Å². The Morgan fingerprint density at radius 2 is 2.12 bits per heavy atom. The monoisotopic (exact) mass is 218 g/mol. The fourth-order valence-corrected chi connectivity index (χ4v) is 1.43. The molecule has 0 saturated carbocycles. The lowest BCUT2D eigenvalue weighted by Crippen LogP contribution is -2.18. The molecule has 5 nitrogen and oxygen atoms in total. The number of aromatic nitrogens is 3. The van der Waals surface area contributed by atoms with E-state index in [2.05, 4.69) is 27.4 Å². The Bertz CT molecular complexity index is 440. The molecular formula is C11H14N4O. The Hall–Kier alpha value is -1.75. The van der Waals surface area contributed by atoms with Gasteiger partial charge < -0.3 is 9.84 Å². The van der Waals surface area contributed by atoms with E-state index in [4.69, 9.17) is 4.52 Å². The Kier molecular flexibility index (Phi) is 3.26. The largest absolute Gasteiger partial charge is 0.340 e. The van der Waals surface area contributed by atoms with Crippen molar-refractivity contribution >= 4 is 0 Å². The van der Waals surface area contributed by atoms with Gasteiger partial charge >= 0.3 is 0 Å². The Morgan fingerprint density at radius 3 is 2.75 bits per heavy atom. The third-order valence-electron chi connectivity index (χ3n) is 2.34. The molecular weight excluding hydrogens is 204 g/mol. The highest BCUT2D eigenvalue weighted by Crippen LogP contribution is 2.10. The summed E-state index contributed by atoms with van der Waals surface area (Å²) in [7, 11) is 0. The van der Waals surface area contributed by atoms with Gasteiger partial charge in [0.1, 0.15) is 0 Å². The number of hydrogen-bond donors (Lipinski definition) is 1. The average molecular weight is 218 g/mol. The van der Waals surface area contributed by atoms with Crippen LogP contribution in [0.4, 0.5) is 0 Å². The maximum absolute atomic E-state index is 4.89. The lowest BCUT2D eigenvalue weighted by atomic mass is 10.1. The maximum Gasteiger partial charge on any atom is 0.223 e. The van der Waals surface area contributed by atoms with Crippen LogP contribution in [0.25, 0.3) is 0 Å².